The lowest BCUT2D eigenvalue weighted by Gasteiger charge is -2.28. The molecule has 2 N–H and O–H groups in total. The van der Waals surface area contributed by atoms with E-state index in [9.17, 15) is 27.9 Å². The number of aryl methyl sites for hydroxylation is 2. The highest BCUT2D eigenvalue weighted by atomic mass is 35.5. The van der Waals surface area contributed by atoms with Crippen molar-refractivity contribution in [1.29, 1.82) is 0 Å². The topological polar surface area (TPSA) is 85.8 Å². The van der Waals surface area contributed by atoms with Crippen LogP contribution < -0.4 is 5.32 Å². The minimum Gasteiger partial charge on any atom is -0.481 e. The number of nitrogens with one attached hydrogen (secondary N) is 1. The normalized spacial score (nSPS) is 16.7. The van der Waals surface area contributed by atoms with Crippen LogP contribution in [0.15, 0.2) is 30.3 Å². The van der Waals surface area contributed by atoms with Gasteiger partial charge in [-0.25, -0.2) is 9.78 Å². The number of aromatic nitrogens is 1. The van der Waals surface area contributed by atoms with Crippen LogP contribution in [0.3, 0.4) is 0 Å². The Labute approximate surface area is 205 Å². The van der Waals surface area contributed by atoms with Gasteiger partial charge in [0.1, 0.15) is 5.82 Å². The average Bonchev–Trinajstić information content (AvgIpc) is 3.17. The maximum Gasteiger partial charge on any atom is 0.417 e. The van der Waals surface area contributed by atoms with E-state index in [0.29, 0.717) is 25.9 Å². The first-order chi connectivity index (χ1) is 16.6. The van der Waals surface area contributed by atoms with Gasteiger partial charge >= 0.3 is 18.2 Å². The molecule has 1 fully saturated rings. The summed E-state index contributed by atoms with van der Waals surface area (Å²) in [5.74, 6) is -0.299. The molecule has 11 heteroatoms. The van der Waals surface area contributed by atoms with E-state index in [0.717, 1.165) is 43.0 Å². The number of halogens is 4. The molecule has 0 spiro atoms. The van der Waals surface area contributed by atoms with Crippen LogP contribution in [0.2, 0.25) is 5.02 Å². The smallest absolute Gasteiger partial charge is 0.417 e. The van der Waals surface area contributed by atoms with Crippen LogP contribution in [-0.4, -0.2) is 58.1 Å². The minimum absolute atomic E-state index is 0.0880. The Morgan fingerprint density at radius 2 is 2.03 bits per heavy atom. The summed E-state index contributed by atoms with van der Waals surface area (Å²) in [6, 6.07) is 5.92. The molecule has 1 atom stereocenters. The molecule has 2 aromatic rings. The zero-order valence-corrected chi connectivity index (χ0v) is 19.7. The van der Waals surface area contributed by atoms with Crippen molar-refractivity contribution >= 4 is 29.4 Å². The lowest BCUT2D eigenvalue weighted by Crippen LogP contribution is -2.36. The number of pyridine rings is 1. The van der Waals surface area contributed by atoms with Crippen LogP contribution >= 0.6 is 11.6 Å². The Morgan fingerprint density at radius 1 is 1.23 bits per heavy atom. The number of urea groups is 1. The SMILES string of the molecule is O=C(O)CC(c1ccc(Cl)c(C(F)(F)F)c1)N1CCN(CCCc2ccc3c(n2)NCCC3)C1=O. The first-order valence-electron chi connectivity index (χ1n) is 11.5. The highest BCUT2D eigenvalue weighted by molar-refractivity contribution is 6.31. The number of amides is 2. The van der Waals surface area contributed by atoms with Gasteiger partial charge < -0.3 is 20.2 Å². The molecule has 1 unspecified atom stereocenters. The van der Waals surface area contributed by atoms with Gasteiger partial charge in [-0.3, -0.25) is 4.79 Å². The monoisotopic (exact) mass is 510 g/mol. The quantitative estimate of drug-likeness (QED) is 0.522. The molecule has 7 nitrogen and oxygen atoms in total. The number of fused-ring (bicyclic) bond motifs is 1. The number of rotatable bonds is 8. The first-order valence-corrected chi connectivity index (χ1v) is 11.9. The van der Waals surface area contributed by atoms with Gasteiger partial charge in [-0.1, -0.05) is 23.7 Å². The fourth-order valence-corrected chi connectivity index (χ4v) is 4.82. The third-order valence-electron chi connectivity index (χ3n) is 6.36. The standard InChI is InChI=1S/C24H26ClF3N4O3/c25-19-8-6-16(13-18(19)24(26,27)28)20(14-21(33)34)32-12-11-31(23(32)35)10-2-4-17-7-5-15-3-1-9-29-22(15)30-17/h5-8,13,20H,1-4,9-12,14H2,(H,29,30)(H,33,34). The van der Waals surface area contributed by atoms with Gasteiger partial charge in [0.25, 0.3) is 0 Å². The van der Waals surface area contributed by atoms with E-state index in [4.69, 9.17) is 11.6 Å². The van der Waals surface area contributed by atoms with E-state index < -0.39 is 35.2 Å². The summed E-state index contributed by atoms with van der Waals surface area (Å²) in [7, 11) is 0. The average molecular weight is 511 g/mol. The number of carbonyl (C=O) groups is 2. The zero-order chi connectivity index (χ0) is 25.2. The Kier molecular flexibility index (Phi) is 7.39. The summed E-state index contributed by atoms with van der Waals surface area (Å²) in [5, 5.41) is 12.2. The summed E-state index contributed by atoms with van der Waals surface area (Å²) < 4.78 is 40.0. The molecule has 35 heavy (non-hydrogen) atoms. The van der Waals surface area contributed by atoms with Crippen molar-refractivity contribution in [2.24, 2.45) is 0 Å². The Bertz CT molecular complexity index is 1110. The van der Waals surface area contributed by atoms with E-state index >= 15 is 0 Å². The summed E-state index contributed by atoms with van der Waals surface area (Å²) in [6.45, 7) is 1.93. The van der Waals surface area contributed by atoms with Crippen LogP contribution in [0, 0.1) is 0 Å². The van der Waals surface area contributed by atoms with E-state index in [1.54, 1.807) is 4.90 Å². The Balaban J connectivity index is 1.43. The number of carboxylic acid groups (broad SMARTS) is 1. The molecule has 188 valence electrons. The van der Waals surface area contributed by atoms with Crippen LogP contribution in [0.1, 0.15) is 47.7 Å². The molecule has 0 radical (unpaired) electrons. The molecule has 3 heterocycles. The number of carbonyl (C=O) groups excluding carboxylic acids is 1. The van der Waals surface area contributed by atoms with Gasteiger partial charge in [-0.05, 0) is 55.0 Å². The molecular formula is C24H26ClF3N4O3. The third kappa shape index (κ3) is 5.80. The van der Waals surface area contributed by atoms with Gasteiger partial charge in [0.15, 0.2) is 0 Å². The number of carboxylic acids is 1. The maximum atomic E-state index is 13.3. The van der Waals surface area contributed by atoms with Crippen molar-refractivity contribution < 1.29 is 27.9 Å². The largest absolute Gasteiger partial charge is 0.481 e. The molecule has 1 saturated heterocycles. The molecule has 0 saturated carbocycles. The van der Waals surface area contributed by atoms with E-state index in [1.807, 2.05) is 6.07 Å². The van der Waals surface area contributed by atoms with Gasteiger partial charge in [-0.15, -0.1) is 0 Å². The number of alkyl halides is 3. The number of aliphatic carboxylic acids is 1. The maximum absolute atomic E-state index is 13.3. The van der Waals surface area contributed by atoms with Gasteiger partial charge in [0.05, 0.1) is 23.0 Å². The van der Waals surface area contributed by atoms with Crippen molar-refractivity contribution in [3.63, 3.8) is 0 Å². The molecule has 1 aromatic carbocycles. The lowest BCUT2D eigenvalue weighted by atomic mass is 9.99. The van der Waals surface area contributed by atoms with E-state index in [1.165, 1.54) is 16.5 Å². The molecule has 4 rings (SSSR count). The highest BCUT2D eigenvalue weighted by Gasteiger charge is 2.38. The summed E-state index contributed by atoms with van der Waals surface area (Å²) in [6.07, 6.45) is -1.79. The summed E-state index contributed by atoms with van der Waals surface area (Å²) in [5.41, 5.74) is 1.16. The van der Waals surface area contributed by atoms with Crippen molar-refractivity contribution in [3.8, 4) is 0 Å². The fourth-order valence-electron chi connectivity index (χ4n) is 4.60. The molecule has 2 amide bonds. The van der Waals surface area contributed by atoms with Crippen LogP contribution in [0.5, 0.6) is 0 Å². The van der Waals surface area contributed by atoms with Crippen molar-refractivity contribution in [3.05, 3.63) is 57.7 Å². The number of benzene rings is 1. The van der Waals surface area contributed by atoms with Crippen molar-refractivity contribution in [2.45, 2.75) is 44.3 Å². The van der Waals surface area contributed by atoms with Gasteiger partial charge in [0, 0.05) is 31.9 Å². The number of hydrogen-bond acceptors (Lipinski definition) is 4. The summed E-state index contributed by atoms with van der Waals surface area (Å²) in [4.78, 5) is 32.2. The number of nitrogens with zero attached hydrogens (tertiary/aromatic N) is 3. The zero-order valence-electron chi connectivity index (χ0n) is 18.9. The number of anilines is 1. The molecule has 0 bridgehead atoms. The predicted octanol–water partition coefficient (Wildman–Crippen LogP) is 5.00. The van der Waals surface area contributed by atoms with E-state index in [-0.39, 0.29) is 18.1 Å². The van der Waals surface area contributed by atoms with Crippen LogP contribution in [0.25, 0.3) is 0 Å². The van der Waals surface area contributed by atoms with E-state index in [2.05, 4.69) is 16.4 Å². The second-order valence-electron chi connectivity index (χ2n) is 8.76. The Morgan fingerprint density at radius 3 is 2.77 bits per heavy atom. The second-order valence-corrected chi connectivity index (χ2v) is 9.17. The molecule has 2 aliphatic rings. The fraction of sp³-hybridized carbons (Fsp3) is 0.458. The lowest BCUT2D eigenvalue weighted by molar-refractivity contribution is -0.138. The molecular weight excluding hydrogens is 485 g/mol. The van der Waals surface area contributed by atoms with Crippen molar-refractivity contribution in [2.75, 3.05) is 31.5 Å². The number of hydrogen-bond donors (Lipinski definition) is 2. The third-order valence-corrected chi connectivity index (χ3v) is 6.69. The summed E-state index contributed by atoms with van der Waals surface area (Å²) >= 11 is 5.72. The molecule has 1 aromatic heterocycles. The molecule has 2 aliphatic heterocycles. The Hall–Kier alpha value is -3.01. The predicted molar refractivity (Wildman–Crippen MR) is 124 cm³/mol. The highest BCUT2D eigenvalue weighted by Crippen LogP contribution is 2.38. The van der Waals surface area contributed by atoms with Gasteiger partial charge in [-0.2, -0.15) is 13.2 Å². The van der Waals surface area contributed by atoms with Crippen LogP contribution in [-0.2, 0) is 23.8 Å². The van der Waals surface area contributed by atoms with Crippen LogP contribution in [0.4, 0.5) is 23.8 Å². The second kappa shape index (κ2) is 10.3. The minimum atomic E-state index is -4.69. The first kappa shape index (κ1) is 25.1. The molecule has 0 aliphatic carbocycles. The van der Waals surface area contributed by atoms with Gasteiger partial charge in [0.2, 0.25) is 0 Å². The van der Waals surface area contributed by atoms with Crippen molar-refractivity contribution in [1.82, 2.24) is 14.8 Å².